The number of ether oxygens (including phenoxy) is 1. The molecule has 0 aromatic heterocycles. The average molecular weight is 152 g/mol. The van der Waals surface area contributed by atoms with E-state index in [0.717, 1.165) is 6.42 Å². The molecular formula is C10H16O. The van der Waals surface area contributed by atoms with Gasteiger partial charge in [0, 0.05) is 0 Å². The lowest BCUT2D eigenvalue weighted by Crippen LogP contribution is -2.24. The van der Waals surface area contributed by atoms with Crippen LogP contribution in [0.25, 0.3) is 0 Å². The Hall–Kier alpha value is -0.300. The minimum absolute atomic E-state index is 0.240. The van der Waals surface area contributed by atoms with Gasteiger partial charge in [-0.1, -0.05) is 11.6 Å². The molecule has 0 bridgehead atoms. The van der Waals surface area contributed by atoms with Crippen molar-refractivity contribution < 1.29 is 4.74 Å². The lowest BCUT2D eigenvalue weighted by Gasteiger charge is -2.23. The SMILES string of the molecule is CC1=CCC2(CCC(C)O2)C1. The highest BCUT2D eigenvalue weighted by atomic mass is 16.5. The van der Waals surface area contributed by atoms with Crippen molar-refractivity contribution >= 4 is 0 Å². The van der Waals surface area contributed by atoms with Crippen LogP contribution in [-0.2, 0) is 4.74 Å². The van der Waals surface area contributed by atoms with Gasteiger partial charge in [0.05, 0.1) is 11.7 Å². The zero-order valence-electron chi connectivity index (χ0n) is 7.39. The smallest absolute Gasteiger partial charge is 0.0758 e. The number of rotatable bonds is 0. The molecule has 0 amide bonds. The quantitative estimate of drug-likeness (QED) is 0.485. The predicted octanol–water partition coefficient (Wildman–Crippen LogP) is 2.66. The second-order valence-electron chi connectivity index (χ2n) is 4.08. The third-order valence-electron chi connectivity index (χ3n) is 2.88. The maximum absolute atomic E-state index is 5.93. The molecule has 1 saturated heterocycles. The Labute approximate surface area is 68.4 Å². The summed E-state index contributed by atoms with van der Waals surface area (Å²) in [6.45, 7) is 4.39. The van der Waals surface area contributed by atoms with Crippen LogP contribution in [0.15, 0.2) is 11.6 Å². The molecule has 2 rings (SSSR count). The third-order valence-corrected chi connectivity index (χ3v) is 2.88. The first-order valence-electron chi connectivity index (χ1n) is 4.54. The number of hydrogen-bond acceptors (Lipinski definition) is 1. The second kappa shape index (κ2) is 2.34. The van der Waals surface area contributed by atoms with Crippen LogP contribution in [0.2, 0.25) is 0 Å². The summed E-state index contributed by atoms with van der Waals surface area (Å²) in [5.74, 6) is 0. The van der Waals surface area contributed by atoms with Gasteiger partial charge in [-0.05, 0) is 39.5 Å². The third kappa shape index (κ3) is 1.22. The van der Waals surface area contributed by atoms with Crippen molar-refractivity contribution in [1.29, 1.82) is 0 Å². The van der Waals surface area contributed by atoms with Crippen LogP contribution >= 0.6 is 0 Å². The topological polar surface area (TPSA) is 9.23 Å². The van der Waals surface area contributed by atoms with E-state index in [4.69, 9.17) is 4.74 Å². The lowest BCUT2D eigenvalue weighted by atomic mass is 9.96. The van der Waals surface area contributed by atoms with E-state index >= 15 is 0 Å². The first-order chi connectivity index (χ1) is 5.20. The second-order valence-corrected chi connectivity index (χ2v) is 4.08. The Morgan fingerprint density at radius 3 is 2.91 bits per heavy atom. The summed E-state index contributed by atoms with van der Waals surface area (Å²) in [5, 5.41) is 0. The van der Waals surface area contributed by atoms with Crippen LogP contribution in [0.1, 0.15) is 39.5 Å². The van der Waals surface area contributed by atoms with Crippen molar-refractivity contribution in [2.24, 2.45) is 0 Å². The highest BCUT2D eigenvalue weighted by Crippen LogP contribution is 2.42. The monoisotopic (exact) mass is 152 g/mol. The highest BCUT2D eigenvalue weighted by Gasteiger charge is 2.40. The molecule has 62 valence electrons. The van der Waals surface area contributed by atoms with Gasteiger partial charge in [0.25, 0.3) is 0 Å². The Morgan fingerprint density at radius 2 is 2.45 bits per heavy atom. The summed E-state index contributed by atoms with van der Waals surface area (Å²) >= 11 is 0. The van der Waals surface area contributed by atoms with Crippen molar-refractivity contribution in [1.82, 2.24) is 0 Å². The minimum Gasteiger partial charge on any atom is -0.371 e. The molecular weight excluding hydrogens is 136 g/mol. The van der Waals surface area contributed by atoms with Crippen LogP contribution < -0.4 is 0 Å². The van der Waals surface area contributed by atoms with Gasteiger partial charge in [-0.2, -0.15) is 0 Å². The zero-order chi connectivity index (χ0) is 7.90. The van der Waals surface area contributed by atoms with E-state index in [1.165, 1.54) is 24.8 Å². The average Bonchev–Trinajstić information content (AvgIpc) is 2.44. The van der Waals surface area contributed by atoms with Gasteiger partial charge in [-0.25, -0.2) is 0 Å². The van der Waals surface area contributed by atoms with Crippen LogP contribution in [0.5, 0.6) is 0 Å². The van der Waals surface area contributed by atoms with Gasteiger partial charge in [0.2, 0.25) is 0 Å². The molecule has 1 fully saturated rings. The van der Waals surface area contributed by atoms with Gasteiger partial charge in [0.1, 0.15) is 0 Å². The Bertz CT molecular complexity index is 195. The van der Waals surface area contributed by atoms with Gasteiger partial charge >= 0.3 is 0 Å². The van der Waals surface area contributed by atoms with Crippen molar-refractivity contribution in [3.8, 4) is 0 Å². The van der Waals surface area contributed by atoms with Crippen LogP contribution in [0.4, 0.5) is 0 Å². The highest BCUT2D eigenvalue weighted by molar-refractivity contribution is 5.15. The molecule has 2 aliphatic rings. The first-order valence-corrected chi connectivity index (χ1v) is 4.54. The van der Waals surface area contributed by atoms with E-state index in [9.17, 15) is 0 Å². The van der Waals surface area contributed by atoms with Crippen LogP contribution in [0.3, 0.4) is 0 Å². The first kappa shape index (κ1) is 7.35. The van der Waals surface area contributed by atoms with E-state index in [0.29, 0.717) is 6.10 Å². The normalized spacial score (nSPS) is 43.5. The molecule has 2 unspecified atom stereocenters. The van der Waals surface area contributed by atoms with Crippen molar-refractivity contribution in [2.45, 2.75) is 51.2 Å². The van der Waals surface area contributed by atoms with Gasteiger partial charge in [0.15, 0.2) is 0 Å². The van der Waals surface area contributed by atoms with E-state index < -0.39 is 0 Å². The van der Waals surface area contributed by atoms with Crippen LogP contribution in [-0.4, -0.2) is 11.7 Å². The standard InChI is InChI=1S/C10H16O/c1-8-3-5-10(7-8)6-4-9(2)11-10/h3,9H,4-7H2,1-2H3. The zero-order valence-corrected chi connectivity index (χ0v) is 7.39. The fraction of sp³-hybridized carbons (Fsp3) is 0.800. The molecule has 11 heavy (non-hydrogen) atoms. The van der Waals surface area contributed by atoms with Gasteiger partial charge < -0.3 is 4.74 Å². The molecule has 1 nitrogen and oxygen atoms in total. The molecule has 1 heterocycles. The van der Waals surface area contributed by atoms with E-state index in [1.807, 2.05) is 0 Å². The molecule has 0 N–H and O–H groups in total. The Balaban J connectivity index is 2.05. The molecule has 2 atom stereocenters. The maximum atomic E-state index is 5.93. The van der Waals surface area contributed by atoms with Crippen molar-refractivity contribution in [3.05, 3.63) is 11.6 Å². The molecule has 1 spiro atoms. The van der Waals surface area contributed by atoms with Crippen molar-refractivity contribution in [3.63, 3.8) is 0 Å². The fourth-order valence-electron chi connectivity index (χ4n) is 2.30. The summed E-state index contributed by atoms with van der Waals surface area (Å²) in [5.41, 5.74) is 1.75. The number of hydrogen-bond donors (Lipinski definition) is 0. The molecule has 1 heteroatoms. The maximum Gasteiger partial charge on any atom is 0.0758 e. The van der Waals surface area contributed by atoms with E-state index in [2.05, 4.69) is 19.9 Å². The minimum atomic E-state index is 0.240. The van der Waals surface area contributed by atoms with E-state index in [1.54, 1.807) is 0 Å². The van der Waals surface area contributed by atoms with Gasteiger partial charge in [-0.15, -0.1) is 0 Å². The lowest BCUT2D eigenvalue weighted by molar-refractivity contribution is -0.0255. The summed E-state index contributed by atoms with van der Waals surface area (Å²) in [6, 6.07) is 0. The Kier molecular flexibility index (Phi) is 1.57. The van der Waals surface area contributed by atoms with Crippen LogP contribution in [0, 0.1) is 0 Å². The summed E-state index contributed by atoms with van der Waals surface area (Å²) < 4.78 is 5.93. The molecule has 1 aliphatic carbocycles. The molecule has 0 aromatic rings. The fourth-order valence-corrected chi connectivity index (χ4v) is 2.30. The largest absolute Gasteiger partial charge is 0.371 e. The van der Waals surface area contributed by atoms with Crippen molar-refractivity contribution in [2.75, 3.05) is 0 Å². The Morgan fingerprint density at radius 1 is 1.64 bits per heavy atom. The molecule has 1 aliphatic heterocycles. The predicted molar refractivity (Wildman–Crippen MR) is 45.5 cm³/mol. The van der Waals surface area contributed by atoms with E-state index in [-0.39, 0.29) is 5.60 Å². The molecule has 0 saturated carbocycles. The van der Waals surface area contributed by atoms with Gasteiger partial charge in [-0.3, -0.25) is 0 Å². The summed E-state index contributed by atoms with van der Waals surface area (Å²) in [6.07, 6.45) is 7.68. The summed E-state index contributed by atoms with van der Waals surface area (Å²) in [7, 11) is 0. The molecule has 0 aromatic carbocycles. The molecule has 0 radical (unpaired) electrons. The summed E-state index contributed by atoms with van der Waals surface area (Å²) in [4.78, 5) is 0.